The zero-order valence-electron chi connectivity index (χ0n) is 11.4. The maximum atomic E-state index is 8.47. The van der Waals surface area contributed by atoms with E-state index < -0.39 is 0 Å². The lowest BCUT2D eigenvalue weighted by Gasteiger charge is -2.17. The third-order valence-electron chi connectivity index (χ3n) is 2.99. The van der Waals surface area contributed by atoms with E-state index in [0.717, 1.165) is 11.3 Å². The average Bonchev–Trinajstić information content (AvgIpc) is 2.48. The van der Waals surface area contributed by atoms with E-state index in [4.69, 9.17) is 33.2 Å². The summed E-state index contributed by atoms with van der Waals surface area (Å²) >= 11 is 12.0. The van der Waals surface area contributed by atoms with Crippen molar-refractivity contribution in [3.05, 3.63) is 58.1 Å². The van der Waals surface area contributed by atoms with E-state index in [0.29, 0.717) is 15.8 Å². The van der Waals surface area contributed by atoms with Crippen LogP contribution in [0.1, 0.15) is 18.5 Å². The van der Waals surface area contributed by atoms with E-state index in [1.54, 1.807) is 12.1 Å². The van der Waals surface area contributed by atoms with Crippen molar-refractivity contribution in [3.8, 4) is 11.8 Å². The quantitative estimate of drug-likeness (QED) is 0.836. The van der Waals surface area contributed by atoms with Gasteiger partial charge in [0.1, 0.15) is 11.8 Å². The van der Waals surface area contributed by atoms with Gasteiger partial charge in [0.15, 0.2) is 6.61 Å². The van der Waals surface area contributed by atoms with Crippen molar-refractivity contribution in [1.29, 1.82) is 5.26 Å². The van der Waals surface area contributed by atoms with Gasteiger partial charge >= 0.3 is 0 Å². The Hall–Kier alpha value is -1.89. The molecule has 2 aromatic rings. The topological polar surface area (TPSA) is 45.0 Å². The summed E-state index contributed by atoms with van der Waals surface area (Å²) in [6, 6.07) is 15.0. The molecule has 108 valence electrons. The molecule has 0 bridgehead atoms. The number of nitrogens with one attached hydrogen (secondary N) is 1. The van der Waals surface area contributed by atoms with Crippen molar-refractivity contribution in [2.24, 2.45) is 0 Å². The fourth-order valence-electron chi connectivity index (χ4n) is 1.89. The predicted molar refractivity (Wildman–Crippen MR) is 86.0 cm³/mol. The van der Waals surface area contributed by atoms with E-state index in [1.807, 2.05) is 43.3 Å². The van der Waals surface area contributed by atoms with Crippen LogP contribution in [0.5, 0.6) is 5.75 Å². The lowest BCUT2D eigenvalue weighted by atomic mass is 10.1. The molecule has 1 N–H and O–H groups in total. The van der Waals surface area contributed by atoms with Crippen LogP contribution in [0.15, 0.2) is 42.5 Å². The lowest BCUT2D eigenvalue weighted by Crippen LogP contribution is -2.07. The summed E-state index contributed by atoms with van der Waals surface area (Å²) in [4.78, 5) is 0. The van der Waals surface area contributed by atoms with Gasteiger partial charge in [-0.2, -0.15) is 5.26 Å². The van der Waals surface area contributed by atoms with Gasteiger partial charge in [-0.15, -0.1) is 0 Å². The summed E-state index contributed by atoms with van der Waals surface area (Å²) < 4.78 is 5.22. The number of nitrogens with zero attached hydrogens (tertiary/aromatic N) is 1. The lowest BCUT2D eigenvalue weighted by molar-refractivity contribution is 0.368. The van der Waals surface area contributed by atoms with E-state index in [1.165, 1.54) is 0 Å². The van der Waals surface area contributed by atoms with Gasteiger partial charge in [0, 0.05) is 11.1 Å². The van der Waals surface area contributed by atoms with Gasteiger partial charge in [-0.25, -0.2) is 0 Å². The molecule has 0 saturated heterocycles. The van der Waals surface area contributed by atoms with Gasteiger partial charge < -0.3 is 10.1 Å². The number of anilines is 1. The van der Waals surface area contributed by atoms with Crippen molar-refractivity contribution in [1.82, 2.24) is 0 Å². The summed E-state index contributed by atoms with van der Waals surface area (Å²) in [7, 11) is 0. The summed E-state index contributed by atoms with van der Waals surface area (Å²) in [5, 5.41) is 13.0. The van der Waals surface area contributed by atoms with Crippen LogP contribution in [-0.2, 0) is 0 Å². The first-order valence-corrected chi connectivity index (χ1v) is 7.17. The highest BCUT2D eigenvalue weighted by Gasteiger charge is 2.08. The first-order valence-electron chi connectivity index (χ1n) is 6.41. The molecule has 1 atom stereocenters. The normalized spacial score (nSPS) is 11.5. The predicted octanol–water partition coefficient (Wildman–Crippen LogP) is 5.07. The van der Waals surface area contributed by atoms with E-state index in [-0.39, 0.29) is 12.6 Å². The standard InChI is InChI=1S/C16H14Cl2N2O/c1-11(20-16-7-4-13(17)10-15(16)18)12-2-5-14(6-3-12)21-9-8-19/h2-7,10-11,20H,9H2,1H3. The summed E-state index contributed by atoms with van der Waals surface area (Å²) in [5.74, 6) is 0.678. The van der Waals surface area contributed by atoms with Crippen molar-refractivity contribution in [2.75, 3.05) is 11.9 Å². The summed E-state index contributed by atoms with van der Waals surface area (Å²) in [6.45, 7) is 2.09. The molecule has 0 heterocycles. The van der Waals surface area contributed by atoms with Crippen LogP contribution in [0.4, 0.5) is 5.69 Å². The molecule has 0 aliphatic heterocycles. The average molecular weight is 321 g/mol. The Morgan fingerprint density at radius 1 is 1.19 bits per heavy atom. The molecule has 21 heavy (non-hydrogen) atoms. The van der Waals surface area contributed by atoms with Crippen LogP contribution in [0.3, 0.4) is 0 Å². The Balaban J connectivity index is 2.06. The van der Waals surface area contributed by atoms with Crippen molar-refractivity contribution >= 4 is 28.9 Å². The Bertz CT molecular complexity index is 650. The number of benzene rings is 2. The van der Waals surface area contributed by atoms with Gasteiger partial charge in [0.25, 0.3) is 0 Å². The zero-order valence-corrected chi connectivity index (χ0v) is 12.9. The van der Waals surface area contributed by atoms with Crippen LogP contribution in [-0.4, -0.2) is 6.61 Å². The molecule has 0 aromatic heterocycles. The number of halogens is 2. The Morgan fingerprint density at radius 3 is 2.52 bits per heavy atom. The summed E-state index contributed by atoms with van der Waals surface area (Å²) in [6.07, 6.45) is 0. The highest BCUT2D eigenvalue weighted by atomic mass is 35.5. The fourth-order valence-corrected chi connectivity index (χ4v) is 2.35. The third-order valence-corrected chi connectivity index (χ3v) is 3.53. The minimum atomic E-state index is 0.0491. The minimum absolute atomic E-state index is 0.0491. The maximum absolute atomic E-state index is 8.47. The number of hydrogen-bond acceptors (Lipinski definition) is 3. The molecule has 5 heteroatoms. The van der Waals surface area contributed by atoms with Gasteiger partial charge in [-0.1, -0.05) is 35.3 Å². The molecule has 0 aliphatic rings. The number of ether oxygens (including phenoxy) is 1. The van der Waals surface area contributed by atoms with Crippen LogP contribution in [0.25, 0.3) is 0 Å². The second-order valence-electron chi connectivity index (χ2n) is 4.51. The molecule has 0 radical (unpaired) electrons. The minimum Gasteiger partial charge on any atom is -0.479 e. The molecule has 0 amide bonds. The highest BCUT2D eigenvalue weighted by molar-refractivity contribution is 6.36. The van der Waals surface area contributed by atoms with Crippen LogP contribution < -0.4 is 10.1 Å². The Morgan fingerprint density at radius 2 is 1.90 bits per heavy atom. The summed E-state index contributed by atoms with van der Waals surface area (Å²) in [5.41, 5.74) is 1.92. The molecule has 0 fully saturated rings. The number of rotatable bonds is 5. The van der Waals surface area contributed by atoms with Gasteiger partial charge in [-0.3, -0.25) is 0 Å². The second kappa shape index (κ2) is 7.21. The SMILES string of the molecule is CC(Nc1ccc(Cl)cc1Cl)c1ccc(OCC#N)cc1. The maximum Gasteiger partial charge on any atom is 0.174 e. The molecule has 3 nitrogen and oxygen atoms in total. The van der Waals surface area contributed by atoms with Gasteiger partial charge in [-0.05, 0) is 42.8 Å². The largest absolute Gasteiger partial charge is 0.479 e. The van der Waals surface area contributed by atoms with Crippen molar-refractivity contribution < 1.29 is 4.74 Å². The number of nitriles is 1. The van der Waals surface area contributed by atoms with Crippen molar-refractivity contribution in [2.45, 2.75) is 13.0 Å². The first kappa shape index (κ1) is 15.5. The Kier molecular flexibility index (Phi) is 5.32. The third kappa shape index (κ3) is 4.29. The van der Waals surface area contributed by atoms with Crippen LogP contribution in [0.2, 0.25) is 10.0 Å². The van der Waals surface area contributed by atoms with Gasteiger partial charge in [0.2, 0.25) is 0 Å². The second-order valence-corrected chi connectivity index (χ2v) is 5.35. The molecule has 0 saturated carbocycles. The smallest absolute Gasteiger partial charge is 0.174 e. The van der Waals surface area contributed by atoms with Crippen molar-refractivity contribution in [3.63, 3.8) is 0 Å². The van der Waals surface area contributed by atoms with E-state index in [2.05, 4.69) is 5.32 Å². The molecular formula is C16H14Cl2N2O. The van der Waals surface area contributed by atoms with E-state index >= 15 is 0 Å². The zero-order chi connectivity index (χ0) is 15.2. The number of hydrogen-bond donors (Lipinski definition) is 1. The molecule has 0 aliphatic carbocycles. The molecular weight excluding hydrogens is 307 g/mol. The van der Waals surface area contributed by atoms with Gasteiger partial charge in [0.05, 0.1) is 10.7 Å². The van der Waals surface area contributed by atoms with E-state index in [9.17, 15) is 0 Å². The highest BCUT2D eigenvalue weighted by Crippen LogP contribution is 2.29. The van der Waals surface area contributed by atoms with Crippen LogP contribution in [0, 0.1) is 11.3 Å². The molecule has 2 aromatic carbocycles. The fraction of sp³-hybridized carbons (Fsp3) is 0.188. The first-order chi connectivity index (χ1) is 10.1. The Labute approximate surface area is 134 Å². The molecule has 0 spiro atoms. The molecule has 1 unspecified atom stereocenters. The molecule has 2 rings (SSSR count). The van der Waals surface area contributed by atoms with Crippen LogP contribution >= 0.6 is 23.2 Å². The monoisotopic (exact) mass is 320 g/mol.